The molecule has 2 N–H and O–H groups in total. The standard InChI is InChI=1S/C17H14Cl2N4S/c18-13-6-7-16(15(19)8-13)22-17(24)21-14-9-20-23(11-14)10-12-4-2-1-3-5-12/h1-9,11H,10H2,(H2,21,22,24). The fraction of sp³-hybridized carbons (Fsp3) is 0.0588. The van der Waals surface area contributed by atoms with Crippen LogP contribution in [0.1, 0.15) is 5.56 Å². The van der Waals surface area contributed by atoms with E-state index in [0.29, 0.717) is 27.4 Å². The van der Waals surface area contributed by atoms with Gasteiger partial charge in [0.05, 0.1) is 29.1 Å². The van der Waals surface area contributed by atoms with E-state index in [1.165, 1.54) is 5.56 Å². The average molecular weight is 377 g/mol. The molecule has 0 aliphatic rings. The molecular weight excluding hydrogens is 363 g/mol. The van der Waals surface area contributed by atoms with E-state index in [0.717, 1.165) is 5.69 Å². The van der Waals surface area contributed by atoms with Crippen LogP contribution >= 0.6 is 35.4 Å². The Hall–Kier alpha value is -2.08. The zero-order valence-electron chi connectivity index (χ0n) is 12.5. The quantitative estimate of drug-likeness (QED) is 0.625. The first-order valence-corrected chi connectivity index (χ1v) is 8.36. The Morgan fingerprint density at radius 2 is 1.88 bits per heavy atom. The highest BCUT2D eigenvalue weighted by molar-refractivity contribution is 7.80. The molecule has 0 saturated carbocycles. The third-order valence-electron chi connectivity index (χ3n) is 3.26. The average Bonchev–Trinajstić information content (AvgIpc) is 2.98. The third kappa shape index (κ3) is 4.47. The van der Waals surface area contributed by atoms with E-state index in [2.05, 4.69) is 27.9 Å². The van der Waals surface area contributed by atoms with E-state index in [1.54, 1.807) is 24.4 Å². The minimum absolute atomic E-state index is 0.429. The number of hydrogen-bond donors (Lipinski definition) is 2. The molecule has 0 saturated heterocycles. The molecule has 1 heterocycles. The Morgan fingerprint density at radius 3 is 2.62 bits per heavy atom. The number of anilines is 2. The van der Waals surface area contributed by atoms with Gasteiger partial charge in [-0.15, -0.1) is 0 Å². The summed E-state index contributed by atoms with van der Waals surface area (Å²) in [4.78, 5) is 0. The Bertz CT molecular complexity index is 849. The lowest BCUT2D eigenvalue weighted by Gasteiger charge is -2.10. The van der Waals surface area contributed by atoms with Gasteiger partial charge in [-0.05, 0) is 36.0 Å². The lowest BCUT2D eigenvalue weighted by atomic mass is 10.2. The Balaban J connectivity index is 1.61. The number of thiocarbonyl (C=S) groups is 1. The van der Waals surface area contributed by atoms with Crippen molar-refractivity contribution in [2.75, 3.05) is 10.6 Å². The minimum Gasteiger partial charge on any atom is -0.331 e. The van der Waals surface area contributed by atoms with Crippen LogP contribution in [-0.4, -0.2) is 14.9 Å². The lowest BCUT2D eigenvalue weighted by molar-refractivity contribution is 0.687. The summed E-state index contributed by atoms with van der Waals surface area (Å²) in [7, 11) is 0. The largest absolute Gasteiger partial charge is 0.331 e. The number of aromatic nitrogens is 2. The molecule has 122 valence electrons. The van der Waals surface area contributed by atoms with Crippen LogP contribution < -0.4 is 10.6 Å². The normalized spacial score (nSPS) is 10.4. The van der Waals surface area contributed by atoms with Gasteiger partial charge in [0.25, 0.3) is 0 Å². The van der Waals surface area contributed by atoms with Crippen molar-refractivity contribution < 1.29 is 0 Å². The molecule has 24 heavy (non-hydrogen) atoms. The van der Waals surface area contributed by atoms with Crippen molar-refractivity contribution in [1.29, 1.82) is 0 Å². The molecule has 0 aliphatic heterocycles. The van der Waals surface area contributed by atoms with Crippen LogP contribution in [0.5, 0.6) is 0 Å². The summed E-state index contributed by atoms with van der Waals surface area (Å²) in [6, 6.07) is 15.3. The van der Waals surface area contributed by atoms with Crippen LogP contribution in [0.15, 0.2) is 60.9 Å². The number of hydrogen-bond acceptors (Lipinski definition) is 2. The van der Waals surface area contributed by atoms with Crippen LogP contribution in [-0.2, 0) is 6.54 Å². The second-order valence-corrected chi connectivity index (χ2v) is 6.37. The number of halogens is 2. The Kier molecular flexibility index (Phi) is 5.35. The van der Waals surface area contributed by atoms with Gasteiger partial charge in [-0.2, -0.15) is 5.10 Å². The molecule has 0 fully saturated rings. The fourth-order valence-electron chi connectivity index (χ4n) is 2.16. The minimum atomic E-state index is 0.429. The molecule has 3 rings (SSSR count). The summed E-state index contributed by atoms with van der Waals surface area (Å²) in [5.41, 5.74) is 2.67. The highest BCUT2D eigenvalue weighted by Gasteiger charge is 2.05. The zero-order chi connectivity index (χ0) is 16.9. The molecule has 0 amide bonds. The van der Waals surface area contributed by atoms with Crippen molar-refractivity contribution in [1.82, 2.24) is 9.78 Å². The highest BCUT2D eigenvalue weighted by atomic mass is 35.5. The Morgan fingerprint density at radius 1 is 1.08 bits per heavy atom. The van der Waals surface area contributed by atoms with Crippen molar-refractivity contribution >= 4 is 51.9 Å². The molecule has 0 aliphatic carbocycles. The van der Waals surface area contributed by atoms with Gasteiger partial charge in [0.2, 0.25) is 0 Å². The predicted octanol–water partition coefficient (Wildman–Crippen LogP) is 5.05. The number of nitrogens with one attached hydrogen (secondary N) is 2. The molecule has 3 aromatic rings. The lowest BCUT2D eigenvalue weighted by Crippen LogP contribution is -2.19. The van der Waals surface area contributed by atoms with Gasteiger partial charge in [0.15, 0.2) is 5.11 Å². The molecule has 0 spiro atoms. The van der Waals surface area contributed by atoms with E-state index in [-0.39, 0.29) is 0 Å². The second-order valence-electron chi connectivity index (χ2n) is 5.12. The Labute approximate surface area is 155 Å². The summed E-state index contributed by atoms with van der Waals surface area (Å²) in [5.74, 6) is 0. The van der Waals surface area contributed by atoms with Crippen LogP contribution in [0.2, 0.25) is 10.0 Å². The van der Waals surface area contributed by atoms with Gasteiger partial charge in [-0.1, -0.05) is 53.5 Å². The van der Waals surface area contributed by atoms with Gasteiger partial charge in [0, 0.05) is 11.2 Å². The van der Waals surface area contributed by atoms with E-state index >= 15 is 0 Å². The van der Waals surface area contributed by atoms with Crippen molar-refractivity contribution in [2.24, 2.45) is 0 Å². The molecular formula is C17H14Cl2N4S. The van der Waals surface area contributed by atoms with E-state index in [4.69, 9.17) is 35.4 Å². The van der Waals surface area contributed by atoms with Crippen molar-refractivity contribution in [3.8, 4) is 0 Å². The molecule has 0 unspecified atom stereocenters. The summed E-state index contributed by atoms with van der Waals surface area (Å²) in [6.07, 6.45) is 3.62. The molecule has 0 atom stereocenters. The van der Waals surface area contributed by atoms with Gasteiger partial charge in [0.1, 0.15) is 0 Å². The fourth-order valence-corrected chi connectivity index (χ4v) is 2.84. The summed E-state index contributed by atoms with van der Waals surface area (Å²) in [5, 5.41) is 12.0. The van der Waals surface area contributed by atoms with Crippen molar-refractivity contribution in [3.63, 3.8) is 0 Å². The summed E-state index contributed by atoms with van der Waals surface area (Å²) < 4.78 is 1.84. The van der Waals surface area contributed by atoms with Gasteiger partial charge >= 0.3 is 0 Å². The van der Waals surface area contributed by atoms with Crippen LogP contribution in [0.4, 0.5) is 11.4 Å². The number of rotatable bonds is 4. The predicted molar refractivity (Wildman–Crippen MR) is 104 cm³/mol. The summed E-state index contributed by atoms with van der Waals surface area (Å²) in [6.45, 7) is 0.700. The van der Waals surface area contributed by atoms with Crippen LogP contribution in [0.25, 0.3) is 0 Å². The van der Waals surface area contributed by atoms with Gasteiger partial charge in [-0.3, -0.25) is 4.68 Å². The smallest absolute Gasteiger partial charge is 0.175 e. The first-order valence-electron chi connectivity index (χ1n) is 7.19. The molecule has 0 bridgehead atoms. The molecule has 4 nitrogen and oxygen atoms in total. The maximum atomic E-state index is 6.12. The molecule has 2 aromatic carbocycles. The monoisotopic (exact) mass is 376 g/mol. The first kappa shape index (κ1) is 16.8. The molecule has 0 radical (unpaired) electrons. The maximum Gasteiger partial charge on any atom is 0.175 e. The van der Waals surface area contributed by atoms with E-state index in [9.17, 15) is 0 Å². The molecule has 7 heteroatoms. The van der Waals surface area contributed by atoms with Crippen LogP contribution in [0.3, 0.4) is 0 Å². The SMILES string of the molecule is S=C(Nc1cnn(Cc2ccccc2)c1)Nc1ccc(Cl)cc1Cl. The van der Waals surface area contributed by atoms with E-state index in [1.807, 2.05) is 29.1 Å². The zero-order valence-corrected chi connectivity index (χ0v) is 14.9. The number of benzene rings is 2. The van der Waals surface area contributed by atoms with Gasteiger partial charge < -0.3 is 10.6 Å². The van der Waals surface area contributed by atoms with Gasteiger partial charge in [-0.25, -0.2) is 0 Å². The van der Waals surface area contributed by atoms with Crippen molar-refractivity contribution in [2.45, 2.75) is 6.54 Å². The van der Waals surface area contributed by atoms with E-state index < -0.39 is 0 Å². The summed E-state index contributed by atoms with van der Waals surface area (Å²) >= 11 is 17.3. The first-order chi connectivity index (χ1) is 11.6. The van der Waals surface area contributed by atoms with Crippen LogP contribution in [0, 0.1) is 0 Å². The second kappa shape index (κ2) is 7.66. The molecule has 1 aromatic heterocycles. The van der Waals surface area contributed by atoms with Crippen molar-refractivity contribution in [3.05, 3.63) is 76.5 Å². The number of nitrogens with zero attached hydrogens (tertiary/aromatic N) is 2. The third-order valence-corrected chi connectivity index (χ3v) is 4.01. The maximum absolute atomic E-state index is 6.12. The highest BCUT2D eigenvalue weighted by Crippen LogP contribution is 2.25. The topological polar surface area (TPSA) is 41.9 Å².